The number of carbonyl (C=O) groups is 1. The van der Waals surface area contributed by atoms with Gasteiger partial charge in [-0.2, -0.15) is 0 Å². The smallest absolute Gasteiger partial charge is 0.264 e. The van der Waals surface area contributed by atoms with Crippen LogP contribution in [0.1, 0.15) is 30.2 Å². The highest BCUT2D eigenvalue weighted by Gasteiger charge is 2.13. The maximum atomic E-state index is 12.2. The molecule has 3 rings (SSSR count). The van der Waals surface area contributed by atoms with Crippen LogP contribution in [-0.4, -0.2) is 17.5 Å². The SMILES string of the molecule is Cc1sc(NC(=O)COc2cccc(C(C)C)c2)nc1-c1ccc(Cl)cc1. The number of ether oxygens (including phenoxy) is 1. The highest BCUT2D eigenvalue weighted by atomic mass is 35.5. The van der Waals surface area contributed by atoms with Crippen molar-refractivity contribution in [3.05, 3.63) is 64.0 Å². The van der Waals surface area contributed by atoms with Crippen LogP contribution in [0.2, 0.25) is 5.02 Å². The molecule has 0 unspecified atom stereocenters. The first-order valence-corrected chi connectivity index (χ1v) is 9.88. The van der Waals surface area contributed by atoms with E-state index in [-0.39, 0.29) is 12.5 Å². The standard InChI is InChI=1S/C21H21ClN2O2S/c1-13(2)16-5-4-6-18(11-16)26-12-19(25)23-21-24-20(14(3)27-21)15-7-9-17(22)10-8-15/h4-11,13H,12H2,1-3H3,(H,23,24,25). The van der Waals surface area contributed by atoms with Gasteiger partial charge >= 0.3 is 0 Å². The Hall–Kier alpha value is -2.37. The van der Waals surface area contributed by atoms with Gasteiger partial charge in [0.25, 0.3) is 5.91 Å². The van der Waals surface area contributed by atoms with Gasteiger partial charge in [0, 0.05) is 15.5 Å². The number of anilines is 1. The topological polar surface area (TPSA) is 51.2 Å². The van der Waals surface area contributed by atoms with Gasteiger partial charge in [0.05, 0.1) is 5.69 Å². The number of halogens is 1. The van der Waals surface area contributed by atoms with Crippen molar-refractivity contribution in [3.8, 4) is 17.0 Å². The number of amides is 1. The van der Waals surface area contributed by atoms with Crippen LogP contribution in [0.3, 0.4) is 0 Å². The lowest BCUT2D eigenvalue weighted by atomic mass is 10.0. The number of aryl methyl sites for hydroxylation is 1. The van der Waals surface area contributed by atoms with E-state index >= 15 is 0 Å². The van der Waals surface area contributed by atoms with E-state index in [4.69, 9.17) is 16.3 Å². The largest absolute Gasteiger partial charge is 0.484 e. The Labute approximate surface area is 168 Å². The van der Waals surface area contributed by atoms with Gasteiger partial charge in [-0.05, 0) is 42.7 Å². The maximum absolute atomic E-state index is 12.2. The minimum absolute atomic E-state index is 0.0591. The maximum Gasteiger partial charge on any atom is 0.264 e. The molecular formula is C21H21ClN2O2S. The second-order valence-corrected chi connectivity index (χ2v) is 8.13. The second-order valence-electron chi connectivity index (χ2n) is 6.49. The third-order valence-corrected chi connectivity index (χ3v) is 5.19. The number of hydrogen-bond acceptors (Lipinski definition) is 4. The third kappa shape index (κ3) is 5.08. The van der Waals surface area contributed by atoms with Crippen LogP contribution in [0.25, 0.3) is 11.3 Å². The Morgan fingerprint density at radius 3 is 2.67 bits per heavy atom. The van der Waals surface area contributed by atoms with Crippen molar-refractivity contribution in [2.75, 3.05) is 11.9 Å². The van der Waals surface area contributed by atoms with Crippen molar-refractivity contribution in [2.45, 2.75) is 26.7 Å². The van der Waals surface area contributed by atoms with Crippen molar-refractivity contribution in [1.29, 1.82) is 0 Å². The summed E-state index contributed by atoms with van der Waals surface area (Å²) in [4.78, 5) is 17.8. The van der Waals surface area contributed by atoms with Crippen LogP contribution in [0.15, 0.2) is 48.5 Å². The van der Waals surface area contributed by atoms with Crippen LogP contribution >= 0.6 is 22.9 Å². The lowest BCUT2D eigenvalue weighted by Gasteiger charge is -2.09. The number of nitrogens with one attached hydrogen (secondary N) is 1. The number of thiazole rings is 1. The van der Waals surface area contributed by atoms with Crippen molar-refractivity contribution < 1.29 is 9.53 Å². The van der Waals surface area contributed by atoms with Gasteiger partial charge in [-0.1, -0.05) is 49.7 Å². The molecule has 1 aromatic heterocycles. The van der Waals surface area contributed by atoms with Gasteiger partial charge in [-0.15, -0.1) is 11.3 Å². The molecule has 1 heterocycles. The zero-order chi connectivity index (χ0) is 19.4. The van der Waals surface area contributed by atoms with Gasteiger partial charge in [0.1, 0.15) is 5.75 Å². The Bertz CT molecular complexity index is 936. The molecule has 6 heteroatoms. The summed E-state index contributed by atoms with van der Waals surface area (Å²) >= 11 is 7.37. The van der Waals surface area contributed by atoms with Gasteiger partial charge in [0.15, 0.2) is 11.7 Å². The molecule has 140 valence electrons. The van der Waals surface area contributed by atoms with Crippen LogP contribution < -0.4 is 10.1 Å². The molecule has 0 atom stereocenters. The summed E-state index contributed by atoms with van der Waals surface area (Å²) in [5.74, 6) is 0.863. The Morgan fingerprint density at radius 1 is 1.22 bits per heavy atom. The fourth-order valence-electron chi connectivity index (χ4n) is 2.59. The molecule has 0 spiro atoms. The fourth-order valence-corrected chi connectivity index (χ4v) is 3.57. The zero-order valence-electron chi connectivity index (χ0n) is 15.5. The normalized spacial score (nSPS) is 10.9. The van der Waals surface area contributed by atoms with E-state index in [0.717, 1.165) is 16.1 Å². The molecule has 4 nitrogen and oxygen atoms in total. The molecule has 0 radical (unpaired) electrons. The lowest BCUT2D eigenvalue weighted by Crippen LogP contribution is -2.20. The van der Waals surface area contributed by atoms with Crippen molar-refractivity contribution in [2.24, 2.45) is 0 Å². The molecule has 0 fully saturated rings. The predicted molar refractivity (Wildman–Crippen MR) is 112 cm³/mol. The van der Waals surface area contributed by atoms with E-state index in [2.05, 4.69) is 24.1 Å². The number of rotatable bonds is 6. The summed E-state index contributed by atoms with van der Waals surface area (Å²) in [7, 11) is 0. The molecule has 0 aliphatic heterocycles. The number of hydrogen-bond donors (Lipinski definition) is 1. The summed E-state index contributed by atoms with van der Waals surface area (Å²) in [6.45, 7) is 6.16. The monoisotopic (exact) mass is 400 g/mol. The molecule has 0 saturated carbocycles. The van der Waals surface area contributed by atoms with Gasteiger partial charge in [-0.3, -0.25) is 10.1 Å². The first-order valence-electron chi connectivity index (χ1n) is 8.68. The van der Waals surface area contributed by atoms with E-state index in [1.54, 1.807) is 0 Å². The summed E-state index contributed by atoms with van der Waals surface area (Å²) in [6.07, 6.45) is 0. The van der Waals surface area contributed by atoms with Crippen LogP contribution in [0.5, 0.6) is 5.75 Å². The lowest BCUT2D eigenvalue weighted by molar-refractivity contribution is -0.118. The molecule has 1 amide bonds. The molecule has 0 saturated heterocycles. The number of aromatic nitrogens is 1. The van der Waals surface area contributed by atoms with E-state index in [9.17, 15) is 4.79 Å². The molecule has 27 heavy (non-hydrogen) atoms. The van der Waals surface area contributed by atoms with E-state index in [1.807, 2.05) is 55.5 Å². The van der Waals surface area contributed by atoms with E-state index in [1.165, 1.54) is 16.9 Å². The molecule has 0 bridgehead atoms. The minimum Gasteiger partial charge on any atom is -0.484 e. The molecule has 0 aliphatic rings. The van der Waals surface area contributed by atoms with Gasteiger partial charge < -0.3 is 4.74 Å². The van der Waals surface area contributed by atoms with Crippen LogP contribution in [-0.2, 0) is 4.79 Å². The summed E-state index contributed by atoms with van der Waals surface area (Å²) in [5.41, 5.74) is 2.99. The van der Waals surface area contributed by atoms with Crippen LogP contribution in [0, 0.1) is 6.92 Å². The number of nitrogens with zero attached hydrogens (tertiary/aromatic N) is 1. The van der Waals surface area contributed by atoms with E-state index in [0.29, 0.717) is 21.8 Å². The first-order chi connectivity index (χ1) is 12.9. The molecule has 3 aromatic rings. The van der Waals surface area contributed by atoms with E-state index < -0.39 is 0 Å². The van der Waals surface area contributed by atoms with Crippen molar-refractivity contribution in [3.63, 3.8) is 0 Å². The number of benzene rings is 2. The Kier molecular flexibility index (Phi) is 6.14. The second kappa shape index (κ2) is 8.55. The molecule has 1 N–H and O–H groups in total. The first kappa shape index (κ1) is 19.4. The average Bonchev–Trinajstić information content (AvgIpc) is 3.01. The minimum atomic E-state index is -0.235. The highest BCUT2D eigenvalue weighted by Crippen LogP contribution is 2.31. The Balaban J connectivity index is 1.62. The highest BCUT2D eigenvalue weighted by molar-refractivity contribution is 7.16. The predicted octanol–water partition coefficient (Wildman–Crippen LogP) is 5.91. The fraction of sp³-hybridized carbons (Fsp3) is 0.238. The van der Waals surface area contributed by atoms with Crippen molar-refractivity contribution in [1.82, 2.24) is 4.98 Å². The quantitative estimate of drug-likeness (QED) is 0.559. The van der Waals surface area contributed by atoms with Crippen molar-refractivity contribution >= 4 is 34.0 Å². The number of carbonyl (C=O) groups excluding carboxylic acids is 1. The molecule has 2 aromatic carbocycles. The summed E-state index contributed by atoms with van der Waals surface area (Å²) in [5, 5.41) is 4.05. The van der Waals surface area contributed by atoms with Gasteiger partial charge in [0.2, 0.25) is 0 Å². The zero-order valence-corrected chi connectivity index (χ0v) is 17.0. The molecule has 0 aliphatic carbocycles. The average molecular weight is 401 g/mol. The summed E-state index contributed by atoms with van der Waals surface area (Å²) < 4.78 is 5.62. The Morgan fingerprint density at radius 2 is 1.96 bits per heavy atom. The van der Waals surface area contributed by atoms with Crippen LogP contribution in [0.4, 0.5) is 5.13 Å². The van der Waals surface area contributed by atoms with Gasteiger partial charge in [-0.25, -0.2) is 4.98 Å². The molecular weight excluding hydrogens is 380 g/mol. The third-order valence-electron chi connectivity index (χ3n) is 4.06. The summed E-state index contributed by atoms with van der Waals surface area (Å²) in [6, 6.07) is 15.3.